The van der Waals surface area contributed by atoms with Crippen LogP contribution in [0, 0.1) is 6.92 Å². The van der Waals surface area contributed by atoms with Gasteiger partial charge < -0.3 is 10.0 Å². The summed E-state index contributed by atoms with van der Waals surface area (Å²) < 4.78 is 28.4. The van der Waals surface area contributed by atoms with Crippen molar-refractivity contribution in [2.45, 2.75) is 75.4 Å². The van der Waals surface area contributed by atoms with Gasteiger partial charge in [0, 0.05) is 17.6 Å². The Morgan fingerprint density at radius 1 is 1.19 bits per heavy atom. The van der Waals surface area contributed by atoms with Crippen molar-refractivity contribution in [3.63, 3.8) is 0 Å². The first-order valence-electron chi connectivity index (χ1n) is 9.39. The summed E-state index contributed by atoms with van der Waals surface area (Å²) in [6, 6.07) is 3.43. The Morgan fingerprint density at radius 3 is 2.37 bits per heavy atom. The van der Waals surface area contributed by atoms with E-state index in [1.165, 1.54) is 17.9 Å². The number of rotatable bonds is 7. The van der Waals surface area contributed by atoms with E-state index in [9.17, 15) is 23.1 Å². The molecule has 148 valence electrons. The summed E-state index contributed by atoms with van der Waals surface area (Å²) >= 11 is 0. The Hall–Kier alpha value is -1.93. The van der Waals surface area contributed by atoms with Gasteiger partial charge in [-0.25, -0.2) is 17.9 Å². The van der Waals surface area contributed by atoms with E-state index in [1.807, 2.05) is 0 Å². The Labute approximate surface area is 159 Å². The topological polar surface area (TPSA) is 104 Å². The van der Waals surface area contributed by atoms with Crippen molar-refractivity contribution < 1.29 is 23.1 Å². The third-order valence-electron chi connectivity index (χ3n) is 5.35. The van der Waals surface area contributed by atoms with Crippen LogP contribution in [0.1, 0.15) is 61.4 Å². The molecule has 0 aromatic heterocycles. The quantitative estimate of drug-likeness (QED) is 0.738. The molecular formula is C19H26N2O5S. The molecule has 1 amide bonds. The molecule has 3 rings (SSSR count). The third kappa shape index (κ3) is 4.32. The van der Waals surface area contributed by atoms with Crippen LogP contribution in [0.15, 0.2) is 23.1 Å². The first kappa shape index (κ1) is 19.8. The van der Waals surface area contributed by atoms with Crippen molar-refractivity contribution >= 4 is 21.9 Å². The lowest BCUT2D eigenvalue weighted by molar-refractivity contribution is -0.141. The van der Waals surface area contributed by atoms with Crippen molar-refractivity contribution in [2.75, 3.05) is 0 Å². The number of hydrogen-bond acceptors (Lipinski definition) is 4. The summed E-state index contributed by atoms with van der Waals surface area (Å²) in [4.78, 5) is 25.8. The smallest absolute Gasteiger partial charge is 0.326 e. The Bertz CT molecular complexity index is 842. The maximum absolute atomic E-state index is 13.0. The van der Waals surface area contributed by atoms with Crippen LogP contribution in [-0.4, -0.2) is 48.4 Å². The molecule has 2 fully saturated rings. The second-order valence-corrected chi connectivity index (χ2v) is 9.22. The van der Waals surface area contributed by atoms with E-state index < -0.39 is 27.9 Å². The molecule has 2 saturated carbocycles. The van der Waals surface area contributed by atoms with Gasteiger partial charge >= 0.3 is 5.97 Å². The van der Waals surface area contributed by atoms with Crippen molar-refractivity contribution in [3.05, 3.63) is 29.3 Å². The zero-order valence-corrected chi connectivity index (χ0v) is 16.5. The largest absolute Gasteiger partial charge is 0.480 e. The van der Waals surface area contributed by atoms with E-state index in [2.05, 4.69) is 4.72 Å². The highest BCUT2D eigenvalue weighted by Gasteiger charge is 2.39. The van der Waals surface area contributed by atoms with Gasteiger partial charge in [0.2, 0.25) is 10.0 Å². The number of aliphatic carboxylic acids is 1. The number of amides is 1. The average molecular weight is 394 g/mol. The second-order valence-electron chi connectivity index (χ2n) is 7.54. The summed E-state index contributed by atoms with van der Waals surface area (Å²) in [5.41, 5.74) is 0.758. The van der Waals surface area contributed by atoms with Crippen LogP contribution in [0.25, 0.3) is 0 Å². The van der Waals surface area contributed by atoms with Gasteiger partial charge in [-0.1, -0.05) is 18.9 Å². The van der Waals surface area contributed by atoms with Gasteiger partial charge in [0.1, 0.15) is 6.04 Å². The van der Waals surface area contributed by atoms with Crippen LogP contribution in [0.4, 0.5) is 0 Å². The van der Waals surface area contributed by atoms with Crippen LogP contribution >= 0.6 is 0 Å². The zero-order chi connectivity index (χ0) is 19.8. The fraction of sp³-hybridized carbons (Fsp3) is 0.579. The van der Waals surface area contributed by atoms with Crippen molar-refractivity contribution in [1.82, 2.24) is 9.62 Å². The van der Waals surface area contributed by atoms with Gasteiger partial charge in [0.25, 0.3) is 5.91 Å². The third-order valence-corrected chi connectivity index (χ3v) is 7.01. The van der Waals surface area contributed by atoms with Crippen molar-refractivity contribution in [1.29, 1.82) is 0 Å². The normalized spacial score (nSPS) is 19.0. The molecule has 0 heterocycles. The molecular weight excluding hydrogens is 368 g/mol. The molecule has 0 spiro atoms. The van der Waals surface area contributed by atoms with Gasteiger partial charge in [-0.05, 0) is 57.2 Å². The summed E-state index contributed by atoms with van der Waals surface area (Å²) in [6.07, 6.45) is 5.19. The zero-order valence-electron chi connectivity index (χ0n) is 15.6. The molecule has 2 N–H and O–H groups in total. The molecule has 1 aromatic rings. The molecule has 0 aliphatic heterocycles. The van der Waals surface area contributed by atoms with Gasteiger partial charge in [-0.3, -0.25) is 4.79 Å². The summed E-state index contributed by atoms with van der Waals surface area (Å²) in [5.74, 6) is -1.51. The van der Waals surface area contributed by atoms with Gasteiger partial charge in [0.15, 0.2) is 0 Å². The average Bonchev–Trinajstić information content (AvgIpc) is 3.31. The number of carboxylic acids is 1. The van der Waals surface area contributed by atoms with E-state index in [0.717, 1.165) is 38.5 Å². The van der Waals surface area contributed by atoms with E-state index in [1.54, 1.807) is 19.1 Å². The molecule has 1 unspecified atom stereocenters. The van der Waals surface area contributed by atoms with E-state index in [4.69, 9.17) is 0 Å². The predicted molar refractivity (Wildman–Crippen MR) is 100 cm³/mol. The van der Waals surface area contributed by atoms with Crippen LogP contribution in [0.3, 0.4) is 0 Å². The lowest BCUT2D eigenvalue weighted by Gasteiger charge is -2.27. The monoisotopic (exact) mass is 394 g/mol. The first-order chi connectivity index (χ1) is 12.7. The number of carbonyl (C=O) groups is 2. The molecule has 0 radical (unpaired) electrons. The second kappa shape index (κ2) is 7.59. The maximum atomic E-state index is 13.0. The van der Waals surface area contributed by atoms with Gasteiger partial charge in [-0.2, -0.15) is 0 Å². The summed E-state index contributed by atoms with van der Waals surface area (Å²) in [7, 11) is -3.73. The van der Waals surface area contributed by atoms with Crippen LogP contribution < -0.4 is 4.72 Å². The van der Waals surface area contributed by atoms with Crippen molar-refractivity contribution in [3.8, 4) is 0 Å². The highest BCUT2D eigenvalue weighted by atomic mass is 32.2. The first-order valence-corrected chi connectivity index (χ1v) is 10.9. The molecule has 0 saturated heterocycles. The number of sulfonamides is 1. The molecule has 27 heavy (non-hydrogen) atoms. The number of carboxylic acid groups (broad SMARTS) is 1. The summed E-state index contributed by atoms with van der Waals surface area (Å²) in [6.45, 7) is 3.17. The number of hydrogen-bond donors (Lipinski definition) is 2. The fourth-order valence-electron chi connectivity index (χ4n) is 3.63. The van der Waals surface area contributed by atoms with Gasteiger partial charge in [-0.15, -0.1) is 0 Å². The van der Waals surface area contributed by atoms with E-state index in [-0.39, 0.29) is 22.5 Å². The minimum Gasteiger partial charge on any atom is -0.480 e. The molecule has 2 aliphatic rings. The van der Waals surface area contributed by atoms with Crippen LogP contribution in [0.5, 0.6) is 0 Å². The number of nitrogens with zero attached hydrogens (tertiary/aromatic N) is 1. The minimum atomic E-state index is -3.73. The van der Waals surface area contributed by atoms with E-state index in [0.29, 0.717) is 5.56 Å². The molecule has 1 aromatic carbocycles. The molecule has 8 heteroatoms. The Morgan fingerprint density at radius 2 is 1.81 bits per heavy atom. The Kier molecular flexibility index (Phi) is 5.58. The fourth-order valence-corrected chi connectivity index (χ4v) is 5.20. The number of carbonyl (C=O) groups excluding carboxylic acids is 1. The SMILES string of the molecule is Cc1ccc(C(=O)N(C2CC2)C(C)C(=O)O)cc1S(=O)(=O)NC1CCCC1. The molecule has 1 atom stereocenters. The maximum Gasteiger partial charge on any atom is 0.326 e. The molecule has 2 aliphatic carbocycles. The van der Waals surface area contributed by atoms with Crippen LogP contribution in [-0.2, 0) is 14.8 Å². The molecule has 7 nitrogen and oxygen atoms in total. The van der Waals surface area contributed by atoms with Gasteiger partial charge in [0.05, 0.1) is 4.90 Å². The summed E-state index contributed by atoms with van der Waals surface area (Å²) in [5, 5.41) is 9.31. The number of nitrogens with one attached hydrogen (secondary N) is 1. The van der Waals surface area contributed by atoms with Crippen molar-refractivity contribution in [2.24, 2.45) is 0 Å². The van der Waals surface area contributed by atoms with E-state index >= 15 is 0 Å². The highest BCUT2D eigenvalue weighted by Crippen LogP contribution is 2.31. The van der Waals surface area contributed by atoms with Crippen LogP contribution in [0.2, 0.25) is 0 Å². The standard InChI is InChI=1S/C19H26N2O5S/c1-12-7-8-14(18(22)21(16-9-10-16)13(2)19(23)24)11-17(12)27(25,26)20-15-5-3-4-6-15/h7-8,11,13,15-16,20H,3-6,9-10H2,1-2H3,(H,23,24). The Balaban J connectivity index is 1.89. The predicted octanol–water partition coefficient (Wildman–Crippen LogP) is 2.29. The number of aryl methyl sites for hydroxylation is 1. The number of benzene rings is 1. The minimum absolute atomic E-state index is 0.0660. The highest BCUT2D eigenvalue weighted by molar-refractivity contribution is 7.89. The molecule has 0 bridgehead atoms. The lowest BCUT2D eigenvalue weighted by atomic mass is 10.1. The lowest BCUT2D eigenvalue weighted by Crippen LogP contribution is -2.44.